The van der Waals surface area contributed by atoms with Crippen LogP contribution < -0.4 is 5.32 Å². The SMILES string of the molecule is Cc1ccc(C(=O)Nc2cc(C(=O)O)cc(C(=O)O)c2)cc1. The molecule has 3 N–H and O–H groups in total. The van der Waals surface area contributed by atoms with Crippen LogP contribution in [-0.4, -0.2) is 28.1 Å². The zero-order valence-corrected chi connectivity index (χ0v) is 11.7. The van der Waals surface area contributed by atoms with Crippen molar-refractivity contribution in [3.63, 3.8) is 0 Å². The summed E-state index contributed by atoms with van der Waals surface area (Å²) in [6, 6.07) is 10.2. The molecule has 6 nitrogen and oxygen atoms in total. The van der Waals surface area contributed by atoms with Crippen LogP contribution in [0.4, 0.5) is 5.69 Å². The van der Waals surface area contributed by atoms with E-state index in [9.17, 15) is 14.4 Å². The maximum Gasteiger partial charge on any atom is 0.335 e. The number of rotatable bonds is 4. The number of aryl methyl sites for hydroxylation is 1. The second kappa shape index (κ2) is 6.09. The highest BCUT2D eigenvalue weighted by Crippen LogP contribution is 2.17. The number of carboxylic acids is 2. The standard InChI is InChI=1S/C16H13NO5/c1-9-2-4-10(5-3-9)14(18)17-13-7-11(15(19)20)6-12(8-13)16(21)22/h2-8H,1H3,(H,17,18)(H,19,20)(H,21,22). The average Bonchev–Trinajstić information content (AvgIpc) is 2.47. The zero-order valence-electron chi connectivity index (χ0n) is 11.7. The van der Waals surface area contributed by atoms with Crippen LogP contribution in [-0.2, 0) is 0 Å². The first-order valence-electron chi connectivity index (χ1n) is 6.36. The van der Waals surface area contributed by atoms with Crippen LogP contribution in [0.15, 0.2) is 42.5 Å². The van der Waals surface area contributed by atoms with Crippen molar-refractivity contribution >= 4 is 23.5 Å². The van der Waals surface area contributed by atoms with Crippen LogP contribution in [0.2, 0.25) is 0 Å². The van der Waals surface area contributed by atoms with Crippen molar-refractivity contribution < 1.29 is 24.6 Å². The number of aromatic carboxylic acids is 2. The highest BCUT2D eigenvalue weighted by molar-refractivity contribution is 6.05. The number of hydrogen-bond donors (Lipinski definition) is 3. The van der Waals surface area contributed by atoms with Crippen LogP contribution >= 0.6 is 0 Å². The van der Waals surface area contributed by atoms with Crippen LogP contribution in [0.25, 0.3) is 0 Å². The fourth-order valence-corrected chi connectivity index (χ4v) is 1.85. The van der Waals surface area contributed by atoms with Gasteiger partial charge in [0.15, 0.2) is 0 Å². The van der Waals surface area contributed by atoms with Crippen molar-refractivity contribution in [2.45, 2.75) is 6.92 Å². The lowest BCUT2D eigenvalue weighted by Crippen LogP contribution is -2.13. The first-order chi connectivity index (χ1) is 10.4. The van der Waals surface area contributed by atoms with Gasteiger partial charge in [-0.3, -0.25) is 4.79 Å². The van der Waals surface area contributed by atoms with Gasteiger partial charge in [-0.05, 0) is 37.3 Å². The van der Waals surface area contributed by atoms with Gasteiger partial charge in [0.05, 0.1) is 11.1 Å². The molecule has 22 heavy (non-hydrogen) atoms. The summed E-state index contributed by atoms with van der Waals surface area (Å²) < 4.78 is 0. The predicted molar refractivity (Wildman–Crippen MR) is 79.5 cm³/mol. The molecule has 112 valence electrons. The van der Waals surface area contributed by atoms with Crippen molar-refractivity contribution in [2.75, 3.05) is 5.32 Å². The number of carboxylic acid groups (broad SMARTS) is 2. The molecule has 0 unspecified atom stereocenters. The molecule has 2 aromatic carbocycles. The van der Waals surface area contributed by atoms with Gasteiger partial charge in [-0.25, -0.2) is 9.59 Å². The number of nitrogens with one attached hydrogen (secondary N) is 1. The van der Waals surface area contributed by atoms with Gasteiger partial charge in [0.25, 0.3) is 5.91 Å². The van der Waals surface area contributed by atoms with Crippen molar-refractivity contribution in [2.24, 2.45) is 0 Å². The normalized spacial score (nSPS) is 10.0. The third-order valence-corrected chi connectivity index (χ3v) is 3.00. The summed E-state index contributed by atoms with van der Waals surface area (Å²) in [7, 11) is 0. The third kappa shape index (κ3) is 3.49. The summed E-state index contributed by atoms with van der Waals surface area (Å²) in [5.74, 6) is -2.98. The van der Waals surface area contributed by atoms with E-state index in [0.29, 0.717) is 5.56 Å². The van der Waals surface area contributed by atoms with E-state index in [1.807, 2.05) is 6.92 Å². The van der Waals surface area contributed by atoms with E-state index in [2.05, 4.69) is 5.32 Å². The van der Waals surface area contributed by atoms with E-state index < -0.39 is 17.8 Å². The van der Waals surface area contributed by atoms with Gasteiger partial charge < -0.3 is 15.5 Å². The Labute approximate surface area is 126 Å². The lowest BCUT2D eigenvalue weighted by Gasteiger charge is -2.08. The summed E-state index contributed by atoms with van der Waals surface area (Å²) in [4.78, 5) is 34.1. The summed E-state index contributed by atoms with van der Waals surface area (Å²) in [5, 5.41) is 20.5. The molecule has 0 bridgehead atoms. The Morgan fingerprint density at radius 1 is 0.818 bits per heavy atom. The Balaban J connectivity index is 2.32. The Morgan fingerprint density at radius 3 is 1.77 bits per heavy atom. The molecule has 0 aliphatic carbocycles. The molecule has 1 amide bonds. The molecule has 0 aliphatic rings. The summed E-state index contributed by atoms with van der Waals surface area (Å²) >= 11 is 0. The smallest absolute Gasteiger partial charge is 0.335 e. The zero-order chi connectivity index (χ0) is 16.3. The Hall–Kier alpha value is -3.15. The minimum atomic E-state index is -1.27. The van der Waals surface area contributed by atoms with Gasteiger partial charge in [0.1, 0.15) is 0 Å². The molecular formula is C16H13NO5. The summed E-state index contributed by atoms with van der Waals surface area (Å²) in [6.07, 6.45) is 0. The molecule has 0 atom stereocenters. The van der Waals surface area contributed by atoms with Gasteiger partial charge in [-0.1, -0.05) is 17.7 Å². The molecule has 0 fully saturated rings. The fraction of sp³-hybridized carbons (Fsp3) is 0.0625. The minimum Gasteiger partial charge on any atom is -0.478 e. The lowest BCUT2D eigenvalue weighted by molar-refractivity contribution is 0.0696. The topological polar surface area (TPSA) is 104 Å². The molecule has 0 saturated carbocycles. The Bertz CT molecular complexity index is 717. The van der Waals surface area contributed by atoms with Crippen LogP contribution in [0.5, 0.6) is 0 Å². The quantitative estimate of drug-likeness (QED) is 0.805. The van der Waals surface area contributed by atoms with E-state index in [1.54, 1.807) is 24.3 Å². The number of amides is 1. The molecule has 2 aromatic rings. The predicted octanol–water partition coefficient (Wildman–Crippen LogP) is 2.64. The number of carbonyl (C=O) groups is 3. The van der Waals surface area contributed by atoms with Crippen molar-refractivity contribution in [3.05, 3.63) is 64.7 Å². The van der Waals surface area contributed by atoms with Gasteiger partial charge in [-0.15, -0.1) is 0 Å². The molecule has 0 aromatic heterocycles. The molecule has 0 aliphatic heterocycles. The molecule has 2 rings (SSSR count). The summed E-state index contributed by atoms with van der Waals surface area (Å²) in [5.41, 5.74) is 1.09. The van der Waals surface area contributed by atoms with E-state index in [1.165, 1.54) is 12.1 Å². The Kier molecular flexibility index (Phi) is 4.22. The van der Waals surface area contributed by atoms with E-state index >= 15 is 0 Å². The molecule has 6 heteroatoms. The number of hydrogen-bond acceptors (Lipinski definition) is 3. The Morgan fingerprint density at radius 2 is 1.32 bits per heavy atom. The monoisotopic (exact) mass is 299 g/mol. The molecule has 0 heterocycles. The number of anilines is 1. The molecule has 0 radical (unpaired) electrons. The maximum atomic E-state index is 12.1. The first kappa shape index (κ1) is 15.2. The minimum absolute atomic E-state index is 0.114. The van der Waals surface area contributed by atoms with Gasteiger partial charge >= 0.3 is 11.9 Å². The lowest BCUT2D eigenvalue weighted by atomic mass is 10.1. The molecular weight excluding hydrogens is 286 g/mol. The van der Waals surface area contributed by atoms with Crippen molar-refractivity contribution in [1.29, 1.82) is 0 Å². The van der Waals surface area contributed by atoms with Crippen LogP contribution in [0.1, 0.15) is 36.6 Å². The second-order valence-electron chi connectivity index (χ2n) is 4.73. The largest absolute Gasteiger partial charge is 0.478 e. The third-order valence-electron chi connectivity index (χ3n) is 3.00. The maximum absolute atomic E-state index is 12.1. The number of carbonyl (C=O) groups excluding carboxylic acids is 1. The highest BCUT2D eigenvalue weighted by atomic mass is 16.4. The fourth-order valence-electron chi connectivity index (χ4n) is 1.85. The van der Waals surface area contributed by atoms with Gasteiger partial charge in [0.2, 0.25) is 0 Å². The van der Waals surface area contributed by atoms with Crippen molar-refractivity contribution in [1.82, 2.24) is 0 Å². The van der Waals surface area contributed by atoms with Gasteiger partial charge in [0, 0.05) is 11.3 Å². The molecule has 0 spiro atoms. The first-order valence-corrected chi connectivity index (χ1v) is 6.36. The van der Waals surface area contributed by atoms with Gasteiger partial charge in [-0.2, -0.15) is 0 Å². The highest BCUT2D eigenvalue weighted by Gasteiger charge is 2.13. The van der Waals surface area contributed by atoms with Crippen LogP contribution in [0, 0.1) is 6.92 Å². The van der Waals surface area contributed by atoms with E-state index in [0.717, 1.165) is 11.6 Å². The second-order valence-corrected chi connectivity index (χ2v) is 4.73. The number of benzene rings is 2. The summed E-state index contributed by atoms with van der Waals surface area (Å²) in [6.45, 7) is 1.89. The van der Waals surface area contributed by atoms with E-state index in [-0.39, 0.29) is 16.8 Å². The van der Waals surface area contributed by atoms with Crippen molar-refractivity contribution in [3.8, 4) is 0 Å². The van der Waals surface area contributed by atoms with E-state index in [4.69, 9.17) is 10.2 Å². The molecule has 0 saturated heterocycles. The van der Waals surface area contributed by atoms with Crippen LogP contribution in [0.3, 0.4) is 0 Å². The average molecular weight is 299 g/mol.